The molecule has 0 spiro atoms. The first-order chi connectivity index (χ1) is 7.29. The van der Waals surface area contributed by atoms with E-state index in [2.05, 4.69) is 27.4 Å². The van der Waals surface area contributed by atoms with E-state index < -0.39 is 0 Å². The zero-order valence-electron chi connectivity index (χ0n) is 10.8. The van der Waals surface area contributed by atoms with Crippen molar-refractivity contribution in [1.82, 2.24) is 0 Å². The fraction of sp³-hybridized carbons (Fsp3) is 0.786. The van der Waals surface area contributed by atoms with E-state index in [1.165, 1.54) is 12.8 Å². The highest BCUT2D eigenvalue weighted by Gasteiger charge is 2.62. The monoisotopic (exact) mass is 222 g/mol. The van der Waals surface area contributed by atoms with Crippen LogP contribution in [0, 0.1) is 16.7 Å². The van der Waals surface area contributed by atoms with E-state index in [1.807, 2.05) is 0 Å². The lowest BCUT2D eigenvalue weighted by Gasteiger charge is -2.38. The lowest BCUT2D eigenvalue weighted by atomic mass is 9.70. The molecule has 0 aromatic carbocycles. The molecule has 0 aromatic rings. The van der Waals surface area contributed by atoms with Crippen molar-refractivity contribution in [3.8, 4) is 0 Å². The van der Waals surface area contributed by atoms with E-state index in [4.69, 9.17) is 4.74 Å². The second-order valence-electron chi connectivity index (χ2n) is 6.28. The molecular formula is C14H22O2. The smallest absolute Gasteiger partial charge is 0.333 e. The summed E-state index contributed by atoms with van der Waals surface area (Å²) in [7, 11) is 0. The third-order valence-corrected chi connectivity index (χ3v) is 5.31. The quantitative estimate of drug-likeness (QED) is 0.529. The number of fused-ring (bicyclic) bond motifs is 2. The Hall–Kier alpha value is -0.790. The molecule has 2 aliphatic carbocycles. The summed E-state index contributed by atoms with van der Waals surface area (Å²) >= 11 is 0. The number of hydrogen-bond acceptors (Lipinski definition) is 2. The van der Waals surface area contributed by atoms with Gasteiger partial charge in [0.15, 0.2) is 0 Å². The second-order valence-corrected chi connectivity index (χ2v) is 6.28. The predicted octanol–water partition coefficient (Wildman–Crippen LogP) is 3.32. The Labute approximate surface area is 98.1 Å². The topological polar surface area (TPSA) is 26.3 Å². The van der Waals surface area contributed by atoms with Crippen molar-refractivity contribution < 1.29 is 9.53 Å². The van der Waals surface area contributed by atoms with Crippen molar-refractivity contribution in [1.29, 1.82) is 0 Å². The van der Waals surface area contributed by atoms with Crippen LogP contribution >= 0.6 is 0 Å². The number of carbonyl (C=O) groups excluding carboxylic acids is 1. The average molecular weight is 222 g/mol. The molecule has 0 aliphatic heterocycles. The van der Waals surface area contributed by atoms with Crippen LogP contribution in [0.4, 0.5) is 0 Å². The second kappa shape index (κ2) is 3.35. The highest BCUT2D eigenvalue weighted by molar-refractivity contribution is 5.87. The van der Waals surface area contributed by atoms with Gasteiger partial charge < -0.3 is 4.74 Å². The first kappa shape index (κ1) is 11.7. The molecule has 2 bridgehead atoms. The number of esters is 1. The van der Waals surface area contributed by atoms with Crippen LogP contribution < -0.4 is 0 Å². The molecule has 3 atom stereocenters. The molecule has 0 radical (unpaired) electrons. The van der Waals surface area contributed by atoms with Crippen molar-refractivity contribution >= 4 is 5.97 Å². The fourth-order valence-corrected chi connectivity index (χ4v) is 3.54. The maximum atomic E-state index is 11.6. The van der Waals surface area contributed by atoms with Gasteiger partial charge in [0.2, 0.25) is 0 Å². The lowest BCUT2D eigenvalue weighted by molar-refractivity contribution is -0.151. The van der Waals surface area contributed by atoms with Crippen LogP contribution in [-0.2, 0) is 9.53 Å². The number of carbonyl (C=O) groups is 1. The van der Waals surface area contributed by atoms with Gasteiger partial charge in [-0.2, -0.15) is 0 Å². The van der Waals surface area contributed by atoms with Crippen molar-refractivity contribution in [3.05, 3.63) is 12.2 Å². The summed E-state index contributed by atoms with van der Waals surface area (Å²) < 4.78 is 5.61. The van der Waals surface area contributed by atoms with Gasteiger partial charge in [-0.3, -0.25) is 0 Å². The van der Waals surface area contributed by atoms with E-state index in [-0.39, 0.29) is 17.5 Å². The summed E-state index contributed by atoms with van der Waals surface area (Å²) in [6.07, 6.45) is 3.58. The van der Waals surface area contributed by atoms with Crippen molar-refractivity contribution in [2.75, 3.05) is 0 Å². The van der Waals surface area contributed by atoms with Gasteiger partial charge in [0.05, 0.1) is 0 Å². The van der Waals surface area contributed by atoms with E-state index in [0.717, 1.165) is 6.42 Å². The number of rotatable bonds is 2. The van der Waals surface area contributed by atoms with Crippen LogP contribution in [0.5, 0.6) is 0 Å². The van der Waals surface area contributed by atoms with Crippen molar-refractivity contribution in [2.45, 2.75) is 53.1 Å². The van der Waals surface area contributed by atoms with E-state index in [9.17, 15) is 4.79 Å². The molecule has 0 saturated heterocycles. The van der Waals surface area contributed by atoms with Crippen LogP contribution in [0.15, 0.2) is 12.2 Å². The Morgan fingerprint density at radius 2 is 2.00 bits per heavy atom. The molecule has 2 saturated carbocycles. The molecule has 0 heterocycles. The van der Waals surface area contributed by atoms with Gasteiger partial charge in [-0.1, -0.05) is 27.4 Å². The minimum absolute atomic E-state index is 0.0884. The Balaban J connectivity index is 2.16. The normalized spacial score (nSPS) is 39.8. The summed E-state index contributed by atoms with van der Waals surface area (Å²) in [4.78, 5) is 11.6. The molecule has 2 fully saturated rings. The molecular weight excluding hydrogens is 200 g/mol. The summed E-state index contributed by atoms with van der Waals surface area (Å²) in [5, 5.41) is 0. The number of ether oxygens (including phenoxy) is 1. The summed E-state index contributed by atoms with van der Waals surface area (Å²) in [6.45, 7) is 12.3. The Bertz CT molecular complexity index is 343. The highest BCUT2D eigenvalue weighted by Crippen LogP contribution is 2.66. The fourth-order valence-electron chi connectivity index (χ4n) is 3.54. The zero-order chi connectivity index (χ0) is 12.1. The molecule has 2 rings (SSSR count). The summed E-state index contributed by atoms with van der Waals surface area (Å²) in [5.41, 5.74) is 0.958. The molecule has 0 N–H and O–H groups in total. The first-order valence-corrected chi connectivity index (χ1v) is 6.15. The van der Waals surface area contributed by atoms with Crippen LogP contribution in [0.1, 0.15) is 47.0 Å². The maximum absolute atomic E-state index is 11.6. The third-order valence-electron chi connectivity index (χ3n) is 5.31. The van der Waals surface area contributed by atoms with Crippen LogP contribution in [0.25, 0.3) is 0 Å². The van der Waals surface area contributed by atoms with Gasteiger partial charge >= 0.3 is 5.97 Å². The van der Waals surface area contributed by atoms with E-state index in [1.54, 1.807) is 6.92 Å². The van der Waals surface area contributed by atoms with Gasteiger partial charge in [-0.25, -0.2) is 4.79 Å². The molecule has 2 nitrogen and oxygen atoms in total. The standard InChI is InChI=1S/C14H22O2/c1-9(2)12(15)16-11-8-10-6-7-14(11,5)13(10,3)4/h10-11H,1,6-8H2,2-5H3/t10-,11-,14+/m1/s1. The zero-order valence-corrected chi connectivity index (χ0v) is 10.8. The molecule has 0 unspecified atom stereocenters. The molecule has 2 aliphatic rings. The molecule has 2 heteroatoms. The minimum atomic E-state index is -0.227. The van der Waals surface area contributed by atoms with Crippen molar-refractivity contribution in [3.63, 3.8) is 0 Å². The SMILES string of the molecule is C=C(C)C(=O)O[C@@H]1C[C@H]2CC[C@]1(C)C2(C)C. The highest BCUT2D eigenvalue weighted by atomic mass is 16.5. The van der Waals surface area contributed by atoms with E-state index >= 15 is 0 Å². The maximum Gasteiger partial charge on any atom is 0.333 e. The predicted molar refractivity (Wildman–Crippen MR) is 63.9 cm³/mol. The lowest BCUT2D eigenvalue weighted by Crippen LogP contribution is -2.38. The largest absolute Gasteiger partial charge is 0.458 e. The van der Waals surface area contributed by atoms with Gasteiger partial charge in [0.25, 0.3) is 0 Å². The van der Waals surface area contributed by atoms with Crippen LogP contribution in [0.2, 0.25) is 0 Å². The van der Waals surface area contributed by atoms with E-state index in [0.29, 0.717) is 16.9 Å². The molecule has 0 amide bonds. The molecule has 16 heavy (non-hydrogen) atoms. The summed E-state index contributed by atoms with van der Waals surface area (Å²) in [5.74, 6) is 0.481. The van der Waals surface area contributed by atoms with Gasteiger partial charge in [0.1, 0.15) is 6.10 Å². The van der Waals surface area contributed by atoms with Crippen LogP contribution in [-0.4, -0.2) is 12.1 Å². The molecule has 90 valence electrons. The van der Waals surface area contributed by atoms with Crippen molar-refractivity contribution in [2.24, 2.45) is 16.7 Å². The van der Waals surface area contributed by atoms with Crippen LogP contribution in [0.3, 0.4) is 0 Å². The van der Waals surface area contributed by atoms with Gasteiger partial charge in [-0.05, 0) is 37.5 Å². The minimum Gasteiger partial charge on any atom is -0.458 e. The Morgan fingerprint density at radius 1 is 1.38 bits per heavy atom. The average Bonchev–Trinajstić information content (AvgIpc) is 2.50. The molecule has 0 aromatic heterocycles. The number of hydrogen-bond donors (Lipinski definition) is 0. The van der Waals surface area contributed by atoms with Gasteiger partial charge in [-0.15, -0.1) is 0 Å². The third kappa shape index (κ3) is 1.35. The van der Waals surface area contributed by atoms with Gasteiger partial charge in [0, 0.05) is 11.0 Å². The first-order valence-electron chi connectivity index (χ1n) is 6.15. The Morgan fingerprint density at radius 3 is 2.38 bits per heavy atom. The Kier molecular flexibility index (Phi) is 2.45. The summed E-state index contributed by atoms with van der Waals surface area (Å²) in [6, 6.07) is 0.